The number of likely N-dealkylation sites (N-methyl/N-ethyl adjacent to an activating group) is 1. The molecule has 11 nitrogen and oxygen atoms in total. The SMILES string of the molecule is [3H]O[C@@H](C(=O)O[C@H]1C[C@@]2(O)[C@@H](C)[C@H]3[C@@](C)(C=C[C@H]4OC[C@]43OC(C)=O)[C@@H]3O[C@H](C=C)O[C@@H]3C(=C1C)C2(C)C)[C@@H](NC)c1ncccc1F. The van der Waals surface area contributed by atoms with E-state index in [1.54, 1.807) is 6.08 Å². The minimum absolute atomic E-state index is 0.0315. The molecule has 47 heavy (non-hydrogen) atoms. The Morgan fingerprint density at radius 3 is 2.66 bits per heavy atom. The number of nitrogens with zero attached hydrogens (tertiary/aromatic N) is 1. The summed E-state index contributed by atoms with van der Waals surface area (Å²) in [6, 6.07) is 1.48. The fraction of sp³-hybridized carbons (Fsp3) is 0.629. The number of halogens is 1. The highest BCUT2D eigenvalue weighted by molar-refractivity contribution is 5.76. The van der Waals surface area contributed by atoms with Crippen molar-refractivity contribution in [2.45, 2.75) is 102 Å². The second-order valence-corrected chi connectivity index (χ2v) is 14.3. The third kappa shape index (κ3) is 4.78. The zero-order valence-corrected chi connectivity index (χ0v) is 27.8. The summed E-state index contributed by atoms with van der Waals surface area (Å²) in [5.41, 5.74) is -3.18. The van der Waals surface area contributed by atoms with E-state index in [0.717, 1.165) is 0 Å². The van der Waals surface area contributed by atoms with Crippen LogP contribution in [-0.2, 0) is 33.3 Å². The van der Waals surface area contributed by atoms with Gasteiger partial charge in [0.2, 0.25) is 1.43 Å². The molecule has 0 unspecified atom stereocenters. The first-order valence-corrected chi connectivity index (χ1v) is 16.1. The monoisotopic (exact) mass is 658 g/mol. The Hall–Kier alpha value is -3.00. The van der Waals surface area contributed by atoms with Crippen molar-refractivity contribution in [3.05, 3.63) is 65.8 Å². The number of carbonyl (C=O) groups excluding carboxylic acids is 2. The first kappa shape index (κ1) is 32.5. The van der Waals surface area contributed by atoms with Gasteiger partial charge in [-0.1, -0.05) is 46.4 Å². The number of aliphatic hydroxyl groups is 2. The van der Waals surface area contributed by atoms with Crippen LogP contribution in [0.15, 0.2) is 54.3 Å². The van der Waals surface area contributed by atoms with Gasteiger partial charge in [-0.15, -0.1) is 0 Å². The number of ether oxygens (including phenoxy) is 5. The van der Waals surface area contributed by atoms with E-state index in [1.165, 1.54) is 32.3 Å². The minimum Gasteiger partial charge on any atom is -0.456 e. The Balaban J connectivity index is 1.48. The van der Waals surface area contributed by atoms with E-state index in [0.29, 0.717) is 11.1 Å². The minimum atomic E-state index is -1.60. The van der Waals surface area contributed by atoms with Crippen molar-refractivity contribution in [3.8, 4) is 0 Å². The average Bonchev–Trinajstić information content (AvgIpc) is 3.45. The molecule has 1 aromatic heterocycles. The maximum atomic E-state index is 14.8. The second kappa shape index (κ2) is 11.6. The van der Waals surface area contributed by atoms with E-state index in [1.807, 2.05) is 46.8 Å². The zero-order valence-electron chi connectivity index (χ0n) is 28.8. The van der Waals surface area contributed by atoms with Gasteiger partial charge in [0.1, 0.15) is 30.2 Å². The molecular formula is C35H45FN2O9. The molecule has 12 heteroatoms. The first-order chi connectivity index (χ1) is 22.6. The predicted molar refractivity (Wildman–Crippen MR) is 166 cm³/mol. The topological polar surface area (TPSA) is 146 Å². The number of esters is 2. The Labute approximate surface area is 275 Å². The van der Waals surface area contributed by atoms with Crippen LogP contribution in [-0.4, -0.2) is 90.2 Å². The van der Waals surface area contributed by atoms with E-state index in [9.17, 15) is 19.1 Å². The molecule has 3 aliphatic carbocycles. The van der Waals surface area contributed by atoms with Crippen LogP contribution in [0.25, 0.3) is 0 Å². The van der Waals surface area contributed by atoms with Crippen molar-refractivity contribution < 1.29 is 47.9 Å². The van der Waals surface area contributed by atoms with Gasteiger partial charge < -0.3 is 39.2 Å². The molecule has 6 rings (SSSR count). The summed E-state index contributed by atoms with van der Waals surface area (Å²) in [7, 11) is 1.50. The smallest absolute Gasteiger partial charge is 0.337 e. The third-order valence-corrected chi connectivity index (χ3v) is 11.7. The van der Waals surface area contributed by atoms with E-state index < -0.39 is 94.5 Å². The highest BCUT2D eigenvalue weighted by Crippen LogP contribution is 2.66. The largest absolute Gasteiger partial charge is 0.456 e. The summed E-state index contributed by atoms with van der Waals surface area (Å²) < 4.78 is 53.9. The van der Waals surface area contributed by atoms with Crippen LogP contribution in [0.4, 0.5) is 4.39 Å². The zero-order chi connectivity index (χ0) is 35.0. The predicted octanol–water partition coefficient (Wildman–Crippen LogP) is 3.07. The molecule has 3 heterocycles. The Morgan fingerprint density at radius 1 is 1.32 bits per heavy atom. The van der Waals surface area contributed by atoms with Gasteiger partial charge in [0, 0.05) is 36.3 Å². The quantitative estimate of drug-likeness (QED) is 0.280. The lowest BCUT2D eigenvalue weighted by atomic mass is 9.44. The van der Waals surface area contributed by atoms with Crippen molar-refractivity contribution >= 4 is 11.9 Å². The van der Waals surface area contributed by atoms with Crippen molar-refractivity contribution in [3.63, 3.8) is 0 Å². The Kier molecular flexibility index (Phi) is 8.00. The number of aromatic nitrogens is 1. The maximum absolute atomic E-state index is 14.8. The van der Waals surface area contributed by atoms with Gasteiger partial charge in [-0.25, -0.2) is 9.18 Å². The van der Waals surface area contributed by atoms with Crippen molar-refractivity contribution in [2.24, 2.45) is 22.7 Å². The standard InChI is InChI=1S/C35H45FN2O9/c1-9-23-45-28-24-17(2)21(44-31(41)27(40)26(37-8)25-20(36)11-10-14-38-25)15-35(42,32(24,5)6)18(3)29-33(7,30(28)46-23)13-12-22-34(29,16-43-22)47-19(4)39/h9-14,18,21-23,26-30,37,40,42H,1,15-16H2,2-8H3/t18-,21-,22+,23+,26-,27+,28+,29-,30+,33+,34-,35+/m0/s1/i40T. The molecule has 0 spiro atoms. The first-order valence-electron chi connectivity index (χ1n) is 16.5. The van der Waals surface area contributed by atoms with Crippen molar-refractivity contribution in [1.82, 2.24) is 10.3 Å². The fourth-order valence-corrected chi connectivity index (χ4v) is 9.41. The lowest BCUT2D eigenvalue weighted by molar-refractivity contribution is -0.306. The Morgan fingerprint density at radius 2 is 2.06 bits per heavy atom. The molecule has 12 atom stereocenters. The van der Waals surface area contributed by atoms with Gasteiger partial charge in [0.25, 0.3) is 0 Å². The van der Waals surface area contributed by atoms with Crippen LogP contribution in [0.1, 0.15) is 59.7 Å². The lowest BCUT2D eigenvalue weighted by Gasteiger charge is -2.66. The number of hydrogen-bond donors (Lipinski definition) is 3. The summed E-state index contributed by atoms with van der Waals surface area (Å²) in [4.78, 5) is 30.6. The Bertz CT molecular complexity index is 1550. The summed E-state index contributed by atoms with van der Waals surface area (Å²) >= 11 is 0. The van der Waals surface area contributed by atoms with Crippen LogP contribution in [0.2, 0.25) is 0 Å². The van der Waals surface area contributed by atoms with E-state index in [2.05, 4.69) is 16.9 Å². The summed E-state index contributed by atoms with van der Waals surface area (Å²) in [5.74, 6) is -3.20. The van der Waals surface area contributed by atoms with Gasteiger partial charge in [-0.3, -0.25) is 9.78 Å². The highest BCUT2D eigenvalue weighted by Gasteiger charge is 2.74. The molecule has 1 aromatic rings. The van der Waals surface area contributed by atoms with E-state index in [-0.39, 0.29) is 18.7 Å². The lowest BCUT2D eigenvalue weighted by Crippen LogP contribution is -2.76. The molecule has 0 aromatic carbocycles. The molecule has 256 valence electrons. The highest BCUT2D eigenvalue weighted by atomic mass is 19.1. The van der Waals surface area contributed by atoms with E-state index >= 15 is 0 Å². The number of nitrogens with one attached hydrogen (secondary N) is 1. The summed E-state index contributed by atoms with van der Waals surface area (Å²) in [5, 5.41) is 20.8. The fourth-order valence-electron chi connectivity index (χ4n) is 9.41. The molecule has 2 bridgehead atoms. The molecule has 0 amide bonds. The van der Waals surface area contributed by atoms with Gasteiger partial charge in [-0.2, -0.15) is 0 Å². The maximum Gasteiger partial charge on any atom is 0.337 e. The van der Waals surface area contributed by atoms with Crippen LogP contribution in [0, 0.1) is 28.5 Å². The molecule has 3 fully saturated rings. The molecule has 2 aliphatic heterocycles. The van der Waals surface area contributed by atoms with Crippen LogP contribution in [0.3, 0.4) is 0 Å². The number of aliphatic hydroxyl groups excluding tert-OH is 1. The number of fused-ring (bicyclic) bond motifs is 8. The molecular weight excluding hydrogens is 611 g/mol. The molecule has 3 N–H and O–H groups in total. The number of carbonyl (C=O) groups is 2. The van der Waals surface area contributed by atoms with Crippen LogP contribution < -0.4 is 5.32 Å². The molecule has 5 aliphatic rings. The normalized spacial score (nSPS) is 41.5. The third-order valence-electron chi connectivity index (χ3n) is 11.7. The summed E-state index contributed by atoms with van der Waals surface area (Å²) in [6.45, 7) is 15.1. The second-order valence-electron chi connectivity index (χ2n) is 14.3. The van der Waals surface area contributed by atoms with E-state index in [4.69, 9.17) is 30.2 Å². The van der Waals surface area contributed by atoms with Crippen molar-refractivity contribution in [1.29, 1.82) is 1.43 Å². The van der Waals surface area contributed by atoms with Crippen LogP contribution in [0.5, 0.6) is 0 Å². The van der Waals surface area contributed by atoms with Gasteiger partial charge in [0.05, 0.1) is 23.9 Å². The molecule has 2 saturated heterocycles. The van der Waals surface area contributed by atoms with Gasteiger partial charge >= 0.3 is 11.9 Å². The number of pyridine rings is 1. The molecule has 0 radical (unpaired) electrons. The summed E-state index contributed by atoms with van der Waals surface area (Å²) in [6.07, 6.45) is 1.60. The average molecular weight is 659 g/mol. The molecule has 1 saturated carbocycles. The number of hydrogen-bond acceptors (Lipinski definition) is 11. The van der Waals surface area contributed by atoms with Gasteiger partial charge in [0.15, 0.2) is 18.0 Å². The number of rotatable bonds is 8. The van der Waals surface area contributed by atoms with Gasteiger partial charge in [-0.05, 0) is 49.2 Å². The van der Waals surface area contributed by atoms with Crippen LogP contribution >= 0.6 is 0 Å². The van der Waals surface area contributed by atoms with Crippen molar-refractivity contribution in [2.75, 3.05) is 13.7 Å².